The molecular weight excluding hydrogens is 266 g/mol. The van der Waals surface area contributed by atoms with E-state index in [0.29, 0.717) is 17.3 Å². The Kier molecular flexibility index (Phi) is 3.70. The van der Waals surface area contributed by atoms with Crippen molar-refractivity contribution in [2.24, 2.45) is 0 Å². The zero-order chi connectivity index (χ0) is 14.8. The summed E-state index contributed by atoms with van der Waals surface area (Å²) < 4.78 is 0. The van der Waals surface area contributed by atoms with Gasteiger partial charge < -0.3 is 10.2 Å². The van der Waals surface area contributed by atoms with Gasteiger partial charge in [-0.3, -0.25) is 4.79 Å². The molecule has 0 bridgehead atoms. The molecule has 1 amide bonds. The van der Waals surface area contributed by atoms with Crippen LogP contribution in [0.2, 0.25) is 0 Å². The lowest BCUT2D eigenvalue weighted by atomic mass is 10.1. The molecule has 2 atom stereocenters. The van der Waals surface area contributed by atoms with Crippen molar-refractivity contribution in [3.8, 4) is 5.69 Å². The molecule has 1 fully saturated rings. The van der Waals surface area contributed by atoms with E-state index in [1.807, 2.05) is 36.2 Å². The van der Waals surface area contributed by atoms with Gasteiger partial charge in [-0.2, -0.15) is 15.0 Å². The quantitative estimate of drug-likeness (QED) is 0.917. The van der Waals surface area contributed by atoms with Gasteiger partial charge in [-0.1, -0.05) is 12.1 Å². The van der Waals surface area contributed by atoms with Gasteiger partial charge in [0, 0.05) is 18.6 Å². The fourth-order valence-corrected chi connectivity index (χ4v) is 2.85. The van der Waals surface area contributed by atoms with Crippen LogP contribution in [-0.4, -0.2) is 51.5 Å². The Morgan fingerprint density at radius 1 is 1.29 bits per heavy atom. The molecule has 1 N–H and O–H groups in total. The molecule has 1 aromatic heterocycles. The Balaban J connectivity index is 1.92. The summed E-state index contributed by atoms with van der Waals surface area (Å²) >= 11 is 0. The first-order valence-corrected chi connectivity index (χ1v) is 7.14. The fourth-order valence-electron chi connectivity index (χ4n) is 2.85. The SMILES string of the molecule is CN[C@@H]1C[C@@H](C)N(C(=O)c2ccccc2-n2nccn2)C1. The number of carbonyl (C=O) groups excluding carboxylic acids is 1. The maximum atomic E-state index is 12.9. The Morgan fingerprint density at radius 2 is 2.00 bits per heavy atom. The molecule has 2 aromatic rings. The molecule has 0 aliphatic carbocycles. The molecule has 1 aliphatic rings. The summed E-state index contributed by atoms with van der Waals surface area (Å²) in [6, 6.07) is 8.05. The van der Waals surface area contributed by atoms with Gasteiger partial charge >= 0.3 is 0 Å². The van der Waals surface area contributed by atoms with Gasteiger partial charge in [0.05, 0.1) is 23.6 Å². The minimum absolute atomic E-state index is 0.0353. The second-order valence-corrected chi connectivity index (χ2v) is 5.36. The fraction of sp³-hybridized carbons (Fsp3) is 0.400. The topological polar surface area (TPSA) is 63.1 Å². The van der Waals surface area contributed by atoms with Crippen LogP contribution in [-0.2, 0) is 0 Å². The van der Waals surface area contributed by atoms with Crippen molar-refractivity contribution in [3.05, 3.63) is 42.2 Å². The van der Waals surface area contributed by atoms with E-state index in [2.05, 4.69) is 22.4 Å². The van der Waals surface area contributed by atoms with Crippen molar-refractivity contribution in [3.63, 3.8) is 0 Å². The molecule has 6 heteroatoms. The third-order valence-electron chi connectivity index (χ3n) is 4.01. The zero-order valence-corrected chi connectivity index (χ0v) is 12.2. The van der Waals surface area contributed by atoms with Gasteiger partial charge in [0.2, 0.25) is 0 Å². The minimum atomic E-state index is 0.0353. The summed E-state index contributed by atoms with van der Waals surface area (Å²) in [5.41, 5.74) is 1.35. The average Bonchev–Trinajstić information content (AvgIpc) is 3.16. The third-order valence-corrected chi connectivity index (χ3v) is 4.01. The van der Waals surface area contributed by atoms with Crippen molar-refractivity contribution >= 4 is 5.91 Å². The Labute approximate surface area is 123 Å². The van der Waals surface area contributed by atoms with Crippen LogP contribution in [0.5, 0.6) is 0 Å². The number of nitrogens with zero attached hydrogens (tertiary/aromatic N) is 4. The predicted octanol–water partition coefficient (Wildman–Crippen LogP) is 1.09. The number of likely N-dealkylation sites (N-methyl/N-ethyl adjacent to an activating group) is 1. The Morgan fingerprint density at radius 3 is 2.67 bits per heavy atom. The second-order valence-electron chi connectivity index (χ2n) is 5.36. The number of para-hydroxylation sites is 1. The van der Waals surface area contributed by atoms with Gasteiger partial charge in [-0.25, -0.2) is 0 Å². The van der Waals surface area contributed by atoms with Crippen LogP contribution in [0.3, 0.4) is 0 Å². The number of carbonyl (C=O) groups is 1. The summed E-state index contributed by atoms with van der Waals surface area (Å²) in [7, 11) is 1.94. The van der Waals surface area contributed by atoms with E-state index in [0.717, 1.165) is 13.0 Å². The highest BCUT2D eigenvalue weighted by molar-refractivity contribution is 5.98. The van der Waals surface area contributed by atoms with Crippen molar-refractivity contribution < 1.29 is 4.79 Å². The van der Waals surface area contributed by atoms with Crippen LogP contribution >= 0.6 is 0 Å². The van der Waals surface area contributed by atoms with Crippen LogP contribution in [0.25, 0.3) is 5.69 Å². The van der Waals surface area contributed by atoms with Crippen molar-refractivity contribution in [2.45, 2.75) is 25.4 Å². The monoisotopic (exact) mass is 285 g/mol. The number of rotatable bonds is 3. The molecule has 2 heterocycles. The smallest absolute Gasteiger partial charge is 0.256 e. The minimum Gasteiger partial charge on any atom is -0.334 e. The first-order chi connectivity index (χ1) is 10.2. The van der Waals surface area contributed by atoms with Gasteiger partial charge in [0.1, 0.15) is 0 Å². The van der Waals surface area contributed by atoms with E-state index < -0.39 is 0 Å². The molecule has 1 saturated heterocycles. The third kappa shape index (κ3) is 2.54. The number of amides is 1. The van der Waals surface area contributed by atoms with Crippen molar-refractivity contribution in [1.29, 1.82) is 0 Å². The molecular formula is C15H19N5O. The standard InChI is InChI=1S/C15H19N5O/c1-11-9-12(16-2)10-19(11)15(21)13-5-3-4-6-14(13)20-17-7-8-18-20/h3-8,11-12,16H,9-10H2,1-2H3/t11-,12-/m1/s1. The molecule has 6 nitrogen and oxygen atoms in total. The van der Waals surface area contributed by atoms with Gasteiger partial charge in [-0.05, 0) is 32.5 Å². The van der Waals surface area contributed by atoms with Gasteiger partial charge in [-0.15, -0.1) is 0 Å². The average molecular weight is 285 g/mol. The largest absolute Gasteiger partial charge is 0.334 e. The van der Waals surface area contributed by atoms with E-state index in [9.17, 15) is 4.79 Å². The zero-order valence-electron chi connectivity index (χ0n) is 12.2. The molecule has 110 valence electrons. The molecule has 0 radical (unpaired) electrons. The van der Waals surface area contributed by atoms with E-state index in [4.69, 9.17) is 0 Å². The Hall–Kier alpha value is -2.21. The molecule has 21 heavy (non-hydrogen) atoms. The lowest BCUT2D eigenvalue weighted by molar-refractivity contribution is 0.0744. The molecule has 0 saturated carbocycles. The van der Waals surface area contributed by atoms with E-state index in [-0.39, 0.29) is 11.9 Å². The summed E-state index contributed by atoms with van der Waals surface area (Å²) in [6.45, 7) is 2.82. The van der Waals surface area contributed by atoms with Gasteiger partial charge in [0.25, 0.3) is 5.91 Å². The highest BCUT2D eigenvalue weighted by atomic mass is 16.2. The Bertz CT molecular complexity index is 625. The number of nitrogens with one attached hydrogen (secondary N) is 1. The van der Waals surface area contributed by atoms with Crippen LogP contribution < -0.4 is 5.32 Å². The maximum Gasteiger partial charge on any atom is 0.256 e. The number of hydrogen-bond donors (Lipinski definition) is 1. The normalized spacial score (nSPS) is 21.7. The first kappa shape index (κ1) is 13.8. The van der Waals surface area contributed by atoms with Crippen LogP contribution in [0.15, 0.2) is 36.7 Å². The highest BCUT2D eigenvalue weighted by Gasteiger charge is 2.33. The number of benzene rings is 1. The number of likely N-dealkylation sites (tertiary alicyclic amines) is 1. The van der Waals surface area contributed by atoms with Gasteiger partial charge in [0.15, 0.2) is 0 Å². The maximum absolute atomic E-state index is 12.9. The lowest BCUT2D eigenvalue weighted by Gasteiger charge is -2.22. The van der Waals surface area contributed by atoms with E-state index in [1.165, 1.54) is 4.80 Å². The summed E-state index contributed by atoms with van der Waals surface area (Å²) in [5, 5.41) is 11.5. The summed E-state index contributed by atoms with van der Waals surface area (Å²) in [4.78, 5) is 16.3. The predicted molar refractivity (Wildman–Crippen MR) is 79.3 cm³/mol. The number of hydrogen-bond acceptors (Lipinski definition) is 4. The molecule has 3 rings (SSSR count). The lowest BCUT2D eigenvalue weighted by Crippen LogP contribution is -2.36. The van der Waals surface area contributed by atoms with Crippen LogP contribution in [0, 0.1) is 0 Å². The molecule has 0 spiro atoms. The summed E-state index contributed by atoms with van der Waals surface area (Å²) in [6.07, 6.45) is 4.19. The van der Waals surface area contributed by atoms with Crippen LogP contribution in [0.1, 0.15) is 23.7 Å². The molecule has 1 aliphatic heterocycles. The van der Waals surface area contributed by atoms with E-state index in [1.54, 1.807) is 12.4 Å². The molecule has 1 aromatic carbocycles. The second kappa shape index (κ2) is 5.65. The molecule has 0 unspecified atom stereocenters. The summed E-state index contributed by atoms with van der Waals surface area (Å²) in [5.74, 6) is 0.0353. The van der Waals surface area contributed by atoms with Crippen molar-refractivity contribution in [1.82, 2.24) is 25.2 Å². The first-order valence-electron chi connectivity index (χ1n) is 7.14. The van der Waals surface area contributed by atoms with Crippen molar-refractivity contribution in [2.75, 3.05) is 13.6 Å². The van der Waals surface area contributed by atoms with Crippen LogP contribution in [0.4, 0.5) is 0 Å². The highest BCUT2D eigenvalue weighted by Crippen LogP contribution is 2.22. The van der Waals surface area contributed by atoms with E-state index >= 15 is 0 Å². The number of aromatic nitrogens is 3.